The van der Waals surface area contributed by atoms with Gasteiger partial charge in [-0.25, -0.2) is 0 Å². The second kappa shape index (κ2) is 10.8. The normalized spacial score (nSPS) is 14.9. The maximum Gasteiger partial charge on any atom is 0.225 e. The van der Waals surface area contributed by atoms with Crippen molar-refractivity contribution >= 4 is 17.6 Å². The van der Waals surface area contributed by atoms with Crippen molar-refractivity contribution in [3.05, 3.63) is 30.3 Å². The third-order valence-electron chi connectivity index (χ3n) is 5.38. The van der Waals surface area contributed by atoms with Crippen LogP contribution in [0.5, 0.6) is 5.75 Å². The fourth-order valence-electron chi connectivity index (χ4n) is 3.66. The lowest BCUT2D eigenvalue weighted by molar-refractivity contribution is -0.128. The molecule has 1 aromatic carbocycles. The molecule has 2 amide bonds. The molecule has 2 aromatic rings. The van der Waals surface area contributed by atoms with E-state index in [1.165, 1.54) is 0 Å². The maximum atomic E-state index is 12.2. The molecule has 1 fully saturated rings. The summed E-state index contributed by atoms with van der Waals surface area (Å²) in [7, 11) is 1.63. The van der Waals surface area contributed by atoms with Crippen molar-refractivity contribution < 1.29 is 14.3 Å². The monoisotopic (exact) mass is 413 g/mol. The molecule has 0 bridgehead atoms. The standard InChI is InChI=1S/C22H31N5O3/c1-17(28)27-12-6-11-26(13-14-27)10-4-3-9-22(29)23-21-16-20(24-25-21)18-7-5-8-19(15-18)30-2/h5,7-8,15-16H,3-4,6,9-14H2,1-2H3,(H2,23,24,25,29). The number of carbonyl (C=O) groups is 2. The Balaban J connectivity index is 1.38. The summed E-state index contributed by atoms with van der Waals surface area (Å²) in [4.78, 5) is 28.1. The SMILES string of the molecule is COc1cccc(-c2cc(NC(=O)CCCCN3CCCN(C(C)=O)CC3)[nH]n2)c1. The number of anilines is 1. The summed E-state index contributed by atoms with van der Waals surface area (Å²) in [5, 5.41) is 10.0. The number of ether oxygens (including phenoxy) is 1. The fourth-order valence-corrected chi connectivity index (χ4v) is 3.66. The molecule has 8 heteroatoms. The van der Waals surface area contributed by atoms with Crippen molar-refractivity contribution in [1.82, 2.24) is 20.0 Å². The molecule has 0 radical (unpaired) electrons. The number of hydrogen-bond acceptors (Lipinski definition) is 5. The van der Waals surface area contributed by atoms with Gasteiger partial charge in [-0.2, -0.15) is 5.10 Å². The van der Waals surface area contributed by atoms with E-state index in [1.807, 2.05) is 35.2 Å². The highest BCUT2D eigenvalue weighted by molar-refractivity contribution is 5.90. The molecular formula is C22H31N5O3. The first-order valence-corrected chi connectivity index (χ1v) is 10.5. The zero-order chi connectivity index (χ0) is 21.3. The van der Waals surface area contributed by atoms with E-state index < -0.39 is 0 Å². The van der Waals surface area contributed by atoms with Crippen molar-refractivity contribution in [3.8, 4) is 17.0 Å². The highest BCUT2D eigenvalue weighted by Crippen LogP contribution is 2.23. The van der Waals surface area contributed by atoms with E-state index in [9.17, 15) is 9.59 Å². The smallest absolute Gasteiger partial charge is 0.225 e. The molecule has 0 unspecified atom stereocenters. The first-order chi connectivity index (χ1) is 14.5. The lowest BCUT2D eigenvalue weighted by atomic mass is 10.1. The average molecular weight is 414 g/mol. The Labute approximate surface area is 177 Å². The average Bonchev–Trinajstić information content (AvgIpc) is 3.07. The van der Waals surface area contributed by atoms with Crippen LogP contribution < -0.4 is 10.1 Å². The number of aromatic nitrogens is 2. The third-order valence-corrected chi connectivity index (χ3v) is 5.38. The molecule has 1 aromatic heterocycles. The zero-order valence-electron chi connectivity index (χ0n) is 17.8. The molecule has 0 spiro atoms. The Morgan fingerprint density at radius 2 is 2.03 bits per heavy atom. The highest BCUT2D eigenvalue weighted by atomic mass is 16.5. The van der Waals surface area contributed by atoms with Gasteiger partial charge in [0.15, 0.2) is 0 Å². The van der Waals surface area contributed by atoms with Crippen molar-refractivity contribution in [2.24, 2.45) is 0 Å². The van der Waals surface area contributed by atoms with Crippen molar-refractivity contribution in [2.75, 3.05) is 45.2 Å². The number of carbonyl (C=O) groups excluding carboxylic acids is 2. The van der Waals surface area contributed by atoms with Gasteiger partial charge in [0.2, 0.25) is 11.8 Å². The number of amides is 2. The number of methoxy groups -OCH3 is 1. The first-order valence-electron chi connectivity index (χ1n) is 10.5. The van der Waals surface area contributed by atoms with E-state index in [0.29, 0.717) is 12.2 Å². The quantitative estimate of drug-likeness (QED) is 0.650. The Kier molecular flexibility index (Phi) is 7.84. The van der Waals surface area contributed by atoms with Crippen molar-refractivity contribution in [2.45, 2.75) is 32.6 Å². The van der Waals surface area contributed by atoms with Gasteiger partial charge in [-0.3, -0.25) is 14.7 Å². The van der Waals surface area contributed by atoms with E-state index in [1.54, 1.807) is 14.0 Å². The van der Waals surface area contributed by atoms with Gasteiger partial charge < -0.3 is 19.9 Å². The summed E-state index contributed by atoms with van der Waals surface area (Å²) in [6.07, 6.45) is 3.28. The molecule has 2 heterocycles. The molecule has 0 atom stereocenters. The molecule has 0 aliphatic carbocycles. The number of H-pyrrole nitrogens is 1. The van der Waals surface area contributed by atoms with Crippen molar-refractivity contribution in [3.63, 3.8) is 0 Å². The van der Waals surface area contributed by atoms with Crippen LogP contribution in [0.3, 0.4) is 0 Å². The highest BCUT2D eigenvalue weighted by Gasteiger charge is 2.16. The van der Waals surface area contributed by atoms with Crippen LogP contribution in [-0.4, -0.2) is 71.6 Å². The van der Waals surface area contributed by atoms with Gasteiger partial charge in [-0.15, -0.1) is 0 Å². The molecule has 1 saturated heterocycles. The van der Waals surface area contributed by atoms with Gasteiger partial charge in [0.05, 0.1) is 12.8 Å². The topological polar surface area (TPSA) is 90.6 Å². The number of rotatable bonds is 8. The number of nitrogens with zero attached hydrogens (tertiary/aromatic N) is 3. The molecule has 162 valence electrons. The summed E-state index contributed by atoms with van der Waals surface area (Å²) in [5.41, 5.74) is 1.68. The number of nitrogens with one attached hydrogen (secondary N) is 2. The first kappa shape index (κ1) is 21.8. The summed E-state index contributed by atoms with van der Waals surface area (Å²) in [6.45, 7) is 6.16. The van der Waals surface area contributed by atoms with Crippen LogP contribution in [0.2, 0.25) is 0 Å². The molecule has 3 rings (SSSR count). The molecule has 2 N–H and O–H groups in total. The fraction of sp³-hybridized carbons (Fsp3) is 0.500. The molecule has 8 nitrogen and oxygen atoms in total. The number of aromatic amines is 1. The second-order valence-corrected chi connectivity index (χ2v) is 7.61. The number of benzene rings is 1. The van der Waals surface area contributed by atoms with Gasteiger partial charge in [-0.05, 0) is 44.5 Å². The third kappa shape index (κ3) is 6.32. The van der Waals surface area contributed by atoms with Crippen LogP contribution in [0, 0.1) is 0 Å². The van der Waals surface area contributed by atoms with Gasteiger partial charge in [0.1, 0.15) is 11.6 Å². The van der Waals surface area contributed by atoms with Crippen LogP contribution in [0.1, 0.15) is 32.6 Å². The Morgan fingerprint density at radius 1 is 1.17 bits per heavy atom. The van der Waals surface area contributed by atoms with Crippen LogP contribution in [-0.2, 0) is 9.59 Å². The molecular weight excluding hydrogens is 382 g/mol. The second-order valence-electron chi connectivity index (χ2n) is 7.61. The summed E-state index contributed by atoms with van der Waals surface area (Å²) < 4.78 is 5.24. The zero-order valence-corrected chi connectivity index (χ0v) is 17.8. The Bertz CT molecular complexity index is 851. The molecule has 1 aliphatic rings. The van der Waals surface area contributed by atoms with E-state index in [2.05, 4.69) is 20.4 Å². The molecule has 1 aliphatic heterocycles. The van der Waals surface area contributed by atoms with Crippen LogP contribution in [0.15, 0.2) is 30.3 Å². The predicted molar refractivity (Wildman–Crippen MR) is 116 cm³/mol. The van der Waals surface area contributed by atoms with Crippen LogP contribution in [0.25, 0.3) is 11.3 Å². The lowest BCUT2D eigenvalue weighted by Crippen LogP contribution is -2.34. The molecule has 30 heavy (non-hydrogen) atoms. The summed E-state index contributed by atoms with van der Waals surface area (Å²) >= 11 is 0. The summed E-state index contributed by atoms with van der Waals surface area (Å²) in [6, 6.07) is 9.46. The number of hydrogen-bond donors (Lipinski definition) is 2. The van der Waals surface area contributed by atoms with Gasteiger partial charge in [0, 0.05) is 44.6 Å². The Hall–Kier alpha value is -2.87. The minimum absolute atomic E-state index is 0.0190. The predicted octanol–water partition coefficient (Wildman–Crippen LogP) is 2.75. The lowest BCUT2D eigenvalue weighted by Gasteiger charge is -2.20. The van der Waals surface area contributed by atoms with E-state index in [0.717, 1.165) is 69.0 Å². The minimum Gasteiger partial charge on any atom is -0.497 e. The summed E-state index contributed by atoms with van der Waals surface area (Å²) in [5.74, 6) is 1.49. The minimum atomic E-state index is -0.0190. The largest absolute Gasteiger partial charge is 0.497 e. The van der Waals surface area contributed by atoms with E-state index >= 15 is 0 Å². The van der Waals surface area contributed by atoms with Crippen molar-refractivity contribution in [1.29, 1.82) is 0 Å². The number of unbranched alkanes of at least 4 members (excludes halogenated alkanes) is 1. The van der Waals surface area contributed by atoms with Gasteiger partial charge in [-0.1, -0.05) is 12.1 Å². The van der Waals surface area contributed by atoms with Gasteiger partial charge in [0.25, 0.3) is 0 Å². The Morgan fingerprint density at radius 3 is 2.83 bits per heavy atom. The van der Waals surface area contributed by atoms with E-state index in [4.69, 9.17) is 4.74 Å². The van der Waals surface area contributed by atoms with Crippen LogP contribution in [0.4, 0.5) is 5.82 Å². The van der Waals surface area contributed by atoms with Crippen LogP contribution >= 0.6 is 0 Å². The van der Waals surface area contributed by atoms with E-state index in [-0.39, 0.29) is 11.8 Å². The maximum absolute atomic E-state index is 12.2. The molecule has 0 saturated carbocycles. The van der Waals surface area contributed by atoms with Gasteiger partial charge >= 0.3 is 0 Å².